The van der Waals surface area contributed by atoms with E-state index in [2.05, 4.69) is 20.8 Å². The molecule has 4 nitrogen and oxygen atoms in total. The van der Waals surface area contributed by atoms with Crippen molar-refractivity contribution in [2.45, 2.75) is 17.2 Å². The third-order valence-corrected chi connectivity index (χ3v) is 5.79. The van der Waals surface area contributed by atoms with Crippen molar-refractivity contribution in [3.05, 3.63) is 48.3 Å². The highest BCUT2D eigenvalue weighted by Crippen LogP contribution is 2.30. The molecule has 134 valence electrons. The molecule has 0 atom stereocenters. The molecule has 2 aromatic carbocycles. The molecule has 26 heavy (non-hydrogen) atoms. The van der Waals surface area contributed by atoms with E-state index in [-0.39, 0.29) is 5.75 Å². The molecule has 2 aromatic heterocycles. The van der Waals surface area contributed by atoms with Gasteiger partial charge in [-0.2, -0.15) is 0 Å². The number of halogens is 3. The number of alkyl halides is 3. The maximum absolute atomic E-state index is 12.3. The van der Waals surface area contributed by atoms with Crippen molar-refractivity contribution in [2.75, 3.05) is 6.26 Å². The Bertz CT molecular complexity index is 1090. The zero-order valence-corrected chi connectivity index (χ0v) is 15.1. The Morgan fingerprint density at radius 1 is 1.15 bits per heavy atom. The van der Waals surface area contributed by atoms with Gasteiger partial charge in [0.05, 0.1) is 27.6 Å². The molecule has 4 rings (SSSR count). The number of nitrogens with zero attached hydrogens (tertiary/aromatic N) is 3. The summed E-state index contributed by atoms with van der Waals surface area (Å²) in [5.74, 6) is -0.272. The molecule has 9 heteroatoms. The van der Waals surface area contributed by atoms with Crippen LogP contribution >= 0.6 is 23.1 Å². The molecular formula is C17H12F3N3OS2. The topological polar surface area (TPSA) is 39.9 Å². The fourth-order valence-electron chi connectivity index (χ4n) is 2.70. The minimum Gasteiger partial charge on any atom is -0.406 e. The average Bonchev–Trinajstić information content (AvgIpc) is 3.16. The van der Waals surface area contributed by atoms with E-state index in [1.54, 1.807) is 35.5 Å². The summed E-state index contributed by atoms with van der Waals surface area (Å²) < 4.78 is 45.0. The molecule has 4 aromatic rings. The number of fused-ring (bicyclic) bond motifs is 2. The largest absolute Gasteiger partial charge is 0.573 e. The third kappa shape index (κ3) is 3.49. The van der Waals surface area contributed by atoms with Crippen LogP contribution in [0, 0.1) is 0 Å². The van der Waals surface area contributed by atoms with Crippen LogP contribution in [-0.4, -0.2) is 27.2 Å². The van der Waals surface area contributed by atoms with Gasteiger partial charge in [0, 0.05) is 12.6 Å². The summed E-state index contributed by atoms with van der Waals surface area (Å²) in [6.45, 7) is 0.568. The summed E-state index contributed by atoms with van der Waals surface area (Å²) in [6.07, 6.45) is -1.10. The maximum Gasteiger partial charge on any atom is 0.573 e. The lowest BCUT2D eigenvalue weighted by Crippen LogP contribution is -2.17. The number of hydrogen-bond acceptors (Lipinski definition) is 5. The van der Waals surface area contributed by atoms with Crippen molar-refractivity contribution >= 4 is 44.3 Å². The predicted octanol–water partition coefficient (Wildman–Crippen LogP) is 5.31. The van der Waals surface area contributed by atoms with Gasteiger partial charge in [0.2, 0.25) is 0 Å². The second-order valence-corrected chi connectivity index (χ2v) is 7.64. The number of rotatable bonds is 4. The quantitative estimate of drug-likeness (QED) is 0.439. The zero-order valence-electron chi connectivity index (χ0n) is 13.4. The average molecular weight is 395 g/mol. The number of thioether (sulfide) groups is 1. The van der Waals surface area contributed by atoms with E-state index >= 15 is 0 Å². The second kappa shape index (κ2) is 6.48. The van der Waals surface area contributed by atoms with Crippen LogP contribution in [0.15, 0.2) is 47.1 Å². The van der Waals surface area contributed by atoms with Gasteiger partial charge in [-0.1, -0.05) is 17.8 Å². The van der Waals surface area contributed by atoms with Crippen molar-refractivity contribution < 1.29 is 17.9 Å². The number of benzene rings is 2. The van der Waals surface area contributed by atoms with Gasteiger partial charge < -0.3 is 9.30 Å². The van der Waals surface area contributed by atoms with Crippen molar-refractivity contribution in [1.29, 1.82) is 0 Å². The van der Waals surface area contributed by atoms with E-state index in [9.17, 15) is 13.2 Å². The normalized spacial score (nSPS) is 12.2. The van der Waals surface area contributed by atoms with E-state index in [4.69, 9.17) is 0 Å². The van der Waals surface area contributed by atoms with Crippen molar-refractivity contribution in [3.63, 3.8) is 0 Å². The maximum atomic E-state index is 12.3. The molecule has 0 aliphatic rings. The fraction of sp³-hybridized carbons (Fsp3) is 0.176. The molecule has 0 spiro atoms. The molecular weight excluding hydrogens is 383 g/mol. The SMILES string of the molecule is CSc1nc2ccc(Cn3cnc4cc(OC(F)(F)F)ccc43)cc2s1. The van der Waals surface area contributed by atoms with E-state index < -0.39 is 6.36 Å². The van der Waals surface area contributed by atoms with Crippen molar-refractivity contribution in [2.24, 2.45) is 0 Å². The molecule has 0 N–H and O–H groups in total. The summed E-state index contributed by atoms with van der Waals surface area (Å²) in [5, 5.41) is 0. The zero-order chi connectivity index (χ0) is 18.3. The van der Waals surface area contributed by atoms with Crippen molar-refractivity contribution in [1.82, 2.24) is 14.5 Å². The first-order valence-corrected chi connectivity index (χ1v) is 9.59. The van der Waals surface area contributed by atoms with E-state index in [0.717, 1.165) is 25.6 Å². The molecule has 0 fully saturated rings. The number of aromatic nitrogens is 3. The Labute approximate surface area is 154 Å². The lowest BCUT2D eigenvalue weighted by molar-refractivity contribution is -0.274. The first-order chi connectivity index (χ1) is 12.4. The summed E-state index contributed by atoms with van der Waals surface area (Å²) in [6, 6.07) is 10.2. The minimum absolute atomic E-state index is 0.272. The van der Waals surface area contributed by atoms with Crippen LogP contribution in [-0.2, 0) is 6.54 Å². The highest BCUT2D eigenvalue weighted by molar-refractivity contribution is 8.00. The fourth-order valence-corrected chi connectivity index (χ4v) is 4.25. The summed E-state index contributed by atoms with van der Waals surface area (Å²) in [4.78, 5) is 8.70. The van der Waals surface area contributed by atoms with Crippen LogP contribution in [0.5, 0.6) is 5.75 Å². The molecule has 0 bridgehead atoms. The molecule has 0 aliphatic carbocycles. The van der Waals surface area contributed by atoms with Crippen LogP contribution in [0.25, 0.3) is 21.3 Å². The Hall–Kier alpha value is -2.26. The summed E-state index contributed by atoms with van der Waals surface area (Å²) >= 11 is 3.25. The first kappa shape index (κ1) is 17.2. The Morgan fingerprint density at radius 3 is 2.77 bits per heavy atom. The standard InChI is InChI=1S/C17H12F3N3OS2/c1-25-16-22-12-4-2-10(6-15(12)26-16)8-23-9-21-13-7-11(3-5-14(13)23)24-17(18,19)20/h2-7,9H,8H2,1H3. The number of imidazole rings is 1. The Balaban J connectivity index is 1.62. The van der Waals surface area contributed by atoms with Crippen LogP contribution in [0.4, 0.5) is 13.2 Å². The van der Waals surface area contributed by atoms with Crippen LogP contribution in [0.2, 0.25) is 0 Å². The Kier molecular flexibility index (Phi) is 4.28. The Morgan fingerprint density at radius 2 is 2.00 bits per heavy atom. The van der Waals surface area contributed by atoms with Crippen molar-refractivity contribution in [3.8, 4) is 5.75 Å². The predicted molar refractivity (Wildman–Crippen MR) is 96.9 cm³/mol. The molecule has 0 amide bonds. The molecule has 0 unspecified atom stereocenters. The van der Waals surface area contributed by atoms with Gasteiger partial charge >= 0.3 is 6.36 Å². The van der Waals surface area contributed by atoms with Gasteiger partial charge in [-0.25, -0.2) is 9.97 Å². The molecule has 2 heterocycles. The first-order valence-electron chi connectivity index (χ1n) is 7.55. The van der Waals surface area contributed by atoms with Gasteiger partial charge in [0.25, 0.3) is 0 Å². The highest BCUT2D eigenvalue weighted by Gasteiger charge is 2.31. The van der Waals surface area contributed by atoms with Crippen LogP contribution in [0.1, 0.15) is 5.56 Å². The number of hydrogen-bond donors (Lipinski definition) is 0. The molecule has 0 aliphatic heterocycles. The highest BCUT2D eigenvalue weighted by atomic mass is 32.2. The molecule has 0 saturated heterocycles. The monoisotopic (exact) mass is 395 g/mol. The number of thiazole rings is 1. The van der Waals surface area contributed by atoms with Gasteiger partial charge in [-0.15, -0.1) is 24.5 Å². The smallest absolute Gasteiger partial charge is 0.406 e. The van der Waals surface area contributed by atoms with Gasteiger partial charge in [0.15, 0.2) is 4.34 Å². The molecule has 0 radical (unpaired) electrons. The van der Waals surface area contributed by atoms with Gasteiger partial charge in [-0.3, -0.25) is 0 Å². The lowest BCUT2D eigenvalue weighted by atomic mass is 10.2. The van der Waals surface area contributed by atoms with Crippen LogP contribution in [0.3, 0.4) is 0 Å². The van der Waals surface area contributed by atoms with E-state index in [1.807, 2.05) is 23.0 Å². The van der Waals surface area contributed by atoms with E-state index in [0.29, 0.717) is 12.1 Å². The summed E-state index contributed by atoms with van der Waals surface area (Å²) in [5.41, 5.74) is 3.24. The third-order valence-electron chi connectivity index (χ3n) is 3.79. The van der Waals surface area contributed by atoms with Gasteiger partial charge in [0.1, 0.15) is 5.75 Å². The van der Waals surface area contributed by atoms with E-state index in [1.165, 1.54) is 12.1 Å². The molecule has 0 saturated carbocycles. The number of ether oxygens (including phenoxy) is 1. The van der Waals surface area contributed by atoms with Crippen LogP contribution < -0.4 is 4.74 Å². The minimum atomic E-state index is -4.71. The second-order valence-electron chi connectivity index (χ2n) is 5.56. The lowest BCUT2D eigenvalue weighted by Gasteiger charge is -2.09. The van der Waals surface area contributed by atoms with Gasteiger partial charge in [-0.05, 0) is 36.1 Å². The summed E-state index contributed by atoms with van der Waals surface area (Å²) in [7, 11) is 0.